The van der Waals surface area contributed by atoms with Gasteiger partial charge in [-0.1, -0.05) is 6.42 Å². The average Bonchev–Trinajstić information content (AvgIpc) is 2.17. The number of nitrogens with two attached hydrogens (primary N) is 2. The fourth-order valence-corrected chi connectivity index (χ4v) is 0.865. The van der Waals surface area contributed by atoms with Crippen LogP contribution in [0.2, 0.25) is 0 Å². The van der Waals surface area contributed by atoms with Gasteiger partial charge in [-0.25, -0.2) is 9.59 Å². The topological polar surface area (TPSA) is 112 Å². The van der Waals surface area contributed by atoms with E-state index in [2.05, 4.69) is 4.74 Å². The number of rotatable bonds is 6. The van der Waals surface area contributed by atoms with Crippen molar-refractivity contribution >= 4 is 17.7 Å². The highest BCUT2D eigenvalue weighted by atomic mass is 16.6. The zero-order chi connectivity index (χ0) is 11.8. The van der Waals surface area contributed by atoms with E-state index in [0.29, 0.717) is 19.4 Å². The Kier molecular flexibility index (Phi) is 6.48. The molecule has 0 spiro atoms. The van der Waals surface area contributed by atoms with Gasteiger partial charge in [-0.3, -0.25) is 4.79 Å². The molecule has 0 saturated carbocycles. The van der Waals surface area contributed by atoms with Gasteiger partial charge in [-0.05, 0) is 19.4 Å². The largest absolute Gasteiger partial charge is 0.386 e. The Labute approximate surface area is 87.9 Å². The number of ketones is 1. The van der Waals surface area contributed by atoms with E-state index in [-0.39, 0.29) is 0 Å². The number of esters is 2. The van der Waals surface area contributed by atoms with E-state index in [0.717, 1.165) is 13.3 Å². The van der Waals surface area contributed by atoms with Gasteiger partial charge in [0.1, 0.15) is 6.04 Å². The smallest absolute Gasteiger partial charge is 0.381 e. The lowest BCUT2D eigenvalue weighted by Crippen LogP contribution is -2.35. The van der Waals surface area contributed by atoms with Gasteiger partial charge in [0, 0.05) is 6.92 Å². The van der Waals surface area contributed by atoms with Crippen LogP contribution in [0.5, 0.6) is 0 Å². The van der Waals surface area contributed by atoms with Crippen molar-refractivity contribution in [1.82, 2.24) is 0 Å². The Morgan fingerprint density at radius 1 is 1.27 bits per heavy atom. The monoisotopic (exact) mass is 216 g/mol. The SMILES string of the molecule is CC(=O)C(=O)OC(=O)[C@@H](N)CCCCN. The van der Waals surface area contributed by atoms with Crippen molar-refractivity contribution in [3.63, 3.8) is 0 Å². The van der Waals surface area contributed by atoms with Gasteiger partial charge in [-0.2, -0.15) is 0 Å². The van der Waals surface area contributed by atoms with Gasteiger partial charge in [-0.15, -0.1) is 0 Å². The summed E-state index contributed by atoms with van der Waals surface area (Å²) in [6.07, 6.45) is 1.82. The molecular formula is C9H16N2O4. The summed E-state index contributed by atoms with van der Waals surface area (Å²) in [6, 6.07) is -0.875. The lowest BCUT2D eigenvalue weighted by atomic mass is 10.1. The van der Waals surface area contributed by atoms with Crippen LogP contribution >= 0.6 is 0 Å². The maximum Gasteiger partial charge on any atom is 0.381 e. The number of hydrogen-bond donors (Lipinski definition) is 2. The minimum Gasteiger partial charge on any atom is -0.386 e. The van der Waals surface area contributed by atoms with Crippen molar-refractivity contribution in [3.05, 3.63) is 0 Å². The second-order valence-electron chi connectivity index (χ2n) is 3.16. The van der Waals surface area contributed by atoms with Crippen LogP contribution in [-0.4, -0.2) is 30.3 Å². The van der Waals surface area contributed by atoms with Gasteiger partial charge < -0.3 is 16.2 Å². The quantitative estimate of drug-likeness (QED) is 0.257. The highest BCUT2D eigenvalue weighted by molar-refractivity contribution is 6.34. The van der Waals surface area contributed by atoms with Gasteiger partial charge in [0.05, 0.1) is 0 Å². The maximum absolute atomic E-state index is 11.1. The van der Waals surface area contributed by atoms with Crippen molar-refractivity contribution in [3.8, 4) is 0 Å². The van der Waals surface area contributed by atoms with Gasteiger partial charge in [0.2, 0.25) is 5.78 Å². The van der Waals surface area contributed by atoms with Crippen LogP contribution in [0.15, 0.2) is 0 Å². The lowest BCUT2D eigenvalue weighted by molar-refractivity contribution is -0.164. The molecule has 0 aromatic rings. The zero-order valence-corrected chi connectivity index (χ0v) is 8.69. The van der Waals surface area contributed by atoms with Crippen LogP contribution < -0.4 is 11.5 Å². The number of carbonyl (C=O) groups excluding carboxylic acids is 3. The molecule has 0 rings (SSSR count). The highest BCUT2D eigenvalue weighted by Crippen LogP contribution is 2.00. The fraction of sp³-hybridized carbons (Fsp3) is 0.667. The van der Waals surface area contributed by atoms with E-state index in [1.165, 1.54) is 0 Å². The van der Waals surface area contributed by atoms with E-state index in [4.69, 9.17) is 11.5 Å². The molecule has 0 aromatic carbocycles. The molecule has 0 aliphatic rings. The molecule has 15 heavy (non-hydrogen) atoms. The Morgan fingerprint density at radius 3 is 2.33 bits per heavy atom. The van der Waals surface area contributed by atoms with Gasteiger partial charge in [0.15, 0.2) is 0 Å². The standard InChI is InChI=1S/C9H16N2O4/c1-6(12)8(13)15-9(14)7(11)4-2-3-5-10/h7H,2-5,10-11H2,1H3/t7-/m0/s1. The molecule has 1 atom stereocenters. The number of unbranched alkanes of at least 4 members (excludes halogenated alkanes) is 1. The molecule has 0 radical (unpaired) electrons. The van der Waals surface area contributed by atoms with Crippen LogP contribution in [0.4, 0.5) is 0 Å². The van der Waals surface area contributed by atoms with Crippen molar-refractivity contribution in [2.45, 2.75) is 32.2 Å². The number of Topliss-reactive ketones (excluding diaryl/α,β-unsaturated/α-hetero) is 1. The summed E-state index contributed by atoms with van der Waals surface area (Å²) in [5, 5.41) is 0. The Hall–Kier alpha value is -1.27. The first-order valence-corrected chi connectivity index (χ1v) is 4.71. The Bertz CT molecular complexity index is 252. The van der Waals surface area contributed by atoms with Crippen molar-refractivity contribution in [2.75, 3.05) is 6.54 Å². The van der Waals surface area contributed by atoms with Crippen molar-refractivity contribution in [2.24, 2.45) is 11.5 Å². The lowest BCUT2D eigenvalue weighted by Gasteiger charge is -2.08. The Balaban J connectivity index is 3.88. The van der Waals surface area contributed by atoms with E-state index in [1.807, 2.05) is 0 Å². The fourth-order valence-electron chi connectivity index (χ4n) is 0.865. The molecular weight excluding hydrogens is 200 g/mol. The molecule has 0 saturated heterocycles. The van der Waals surface area contributed by atoms with Crippen LogP contribution in [0, 0.1) is 0 Å². The molecule has 0 heterocycles. The third kappa shape index (κ3) is 5.92. The Morgan fingerprint density at radius 2 is 1.87 bits per heavy atom. The third-order valence-electron chi connectivity index (χ3n) is 1.75. The summed E-state index contributed by atoms with van der Waals surface area (Å²) >= 11 is 0. The van der Waals surface area contributed by atoms with E-state index in [9.17, 15) is 14.4 Å². The summed E-state index contributed by atoms with van der Waals surface area (Å²) in [6.45, 7) is 1.55. The first-order valence-electron chi connectivity index (χ1n) is 4.71. The average molecular weight is 216 g/mol. The van der Waals surface area contributed by atoms with E-state index < -0.39 is 23.8 Å². The van der Waals surface area contributed by atoms with Crippen LogP contribution in [0.3, 0.4) is 0 Å². The highest BCUT2D eigenvalue weighted by Gasteiger charge is 2.20. The summed E-state index contributed by atoms with van der Waals surface area (Å²) in [7, 11) is 0. The first kappa shape index (κ1) is 13.7. The number of ether oxygens (including phenoxy) is 1. The molecule has 0 fully saturated rings. The van der Waals surface area contributed by atoms with Crippen LogP contribution in [0.25, 0.3) is 0 Å². The van der Waals surface area contributed by atoms with Gasteiger partial charge in [0.25, 0.3) is 0 Å². The normalized spacial score (nSPS) is 11.9. The molecule has 4 N–H and O–H groups in total. The number of hydrogen-bond acceptors (Lipinski definition) is 6. The molecule has 0 aromatic heterocycles. The minimum absolute atomic E-state index is 0.390. The van der Waals surface area contributed by atoms with Crippen molar-refractivity contribution < 1.29 is 19.1 Å². The molecule has 86 valence electrons. The minimum atomic E-state index is -1.17. The second-order valence-corrected chi connectivity index (χ2v) is 3.16. The first-order chi connectivity index (χ1) is 6.99. The summed E-state index contributed by atoms with van der Waals surface area (Å²) in [5.74, 6) is -2.86. The molecule has 0 amide bonds. The van der Waals surface area contributed by atoms with Crippen molar-refractivity contribution in [1.29, 1.82) is 0 Å². The molecule has 6 heteroatoms. The molecule has 0 aliphatic heterocycles. The maximum atomic E-state index is 11.1. The van der Waals surface area contributed by atoms with E-state index >= 15 is 0 Å². The van der Waals surface area contributed by atoms with Gasteiger partial charge >= 0.3 is 11.9 Å². The summed E-state index contributed by atoms with van der Waals surface area (Å²) in [4.78, 5) is 32.3. The number of carbonyl (C=O) groups is 3. The van der Waals surface area contributed by atoms with Crippen LogP contribution in [0.1, 0.15) is 26.2 Å². The zero-order valence-electron chi connectivity index (χ0n) is 8.69. The molecule has 0 unspecified atom stereocenters. The summed E-state index contributed by atoms with van der Waals surface area (Å²) < 4.78 is 4.22. The van der Waals surface area contributed by atoms with Crippen LogP contribution in [-0.2, 0) is 19.1 Å². The summed E-state index contributed by atoms with van der Waals surface area (Å²) in [5.41, 5.74) is 10.7. The second kappa shape index (κ2) is 7.08. The predicted octanol–water partition coefficient (Wildman–Crippen LogP) is -0.898. The predicted molar refractivity (Wildman–Crippen MR) is 52.7 cm³/mol. The molecule has 6 nitrogen and oxygen atoms in total. The third-order valence-corrected chi connectivity index (χ3v) is 1.75. The molecule has 0 aliphatic carbocycles. The van der Waals surface area contributed by atoms with E-state index in [1.54, 1.807) is 0 Å². The molecule has 0 bridgehead atoms.